The van der Waals surface area contributed by atoms with Crippen LogP contribution in [0, 0.1) is 20.8 Å². The van der Waals surface area contributed by atoms with Crippen LogP contribution in [-0.2, 0) is 0 Å². The second kappa shape index (κ2) is 6.92. The fraction of sp³-hybridized carbons (Fsp3) is 0.115. The van der Waals surface area contributed by atoms with E-state index >= 15 is 0 Å². The zero-order valence-electron chi connectivity index (χ0n) is 17.2. The topological polar surface area (TPSA) is 47.8 Å². The van der Waals surface area contributed by atoms with Gasteiger partial charge in [0.15, 0.2) is 0 Å². The smallest absolute Gasteiger partial charge is 0.255 e. The minimum Gasteiger partial charge on any atom is -0.276 e. The molecule has 0 radical (unpaired) electrons. The summed E-state index contributed by atoms with van der Waals surface area (Å²) in [6.45, 7) is 6.12. The summed E-state index contributed by atoms with van der Waals surface area (Å²) in [6.07, 6.45) is 3.72. The molecule has 0 fully saturated rings. The van der Waals surface area contributed by atoms with E-state index in [1.807, 2.05) is 43.6 Å². The van der Waals surface area contributed by atoms with E-state index in [0.717, 1.165) is 49.9 Å². The van der Waals surface area contributed by atoms with Crippen molar-refractivity contribution in [3.05, 3.63) is 100 Å². The standard InChI is InChI=1S/C26H21N3O/c1-16-4-9-22(12-17(16)2)29-25(30)11-8-21-15-28-24-10-7-19(13-23(24)26(21)29)20-6-5-18(3)27-14-20/h4-15H,1-3H3. The average molecular weight is 391 g/mol. The third-order valence-electron chi connectivity index (χ3n) is 5.71. The van der Waals surface area contributed by atoms with Crippen molar-refractivity contribution in [2.24, 2.45) is 0 Å². The summed E-state index contributed by atoms with van der Waals surface area (Å²) in [5.74, 6) is 0. The maximum Gasteiger partial charge on any atom is 0.255 e. The first-order valence-corrected chi connectivity index (χ1v) is 9.96. The molecular formula is C26H21N3O. The molecule has 0 amide bonds. The number of hydrogen-bond acceptors (Lipinski definition) is 3. The molecule has 0 bridgehead atoms. The van der Waals surface area contributed by atoms with Crippen LogP contribution < -0.4 is 5.56 Å². The SMILES string of the molecule is Cc1ccc(-c2ccc3ncc4ccc(=O)n(-c5ccc(C)c(C)c5)c4c3c2)cn1. The van der Waals surface area contributed by atoms with E-state index in [-0.39, 0.29) is 5.56 Å². The molecule has 0 atom stereocenters. The van der Waals surface area contributed by atoms with Crippen molar-refractivity contribution < 1.29 is 0 Å². The highest BCUT2D eigenvalue weighted by atomic mass is 16.1. The largest absolute Gasteiger partial charge is 0.276 e. The molecule has 0 aliphatic rings. The van der Waals surface area contributed by atoms with E-state index in [2.05, 4.69) is 54.1 Å². The molecule has 3 heterocycles. The van der Waals surface area contributed by atoms with Crippen LogP contribution in [0.1, 0.15) is 16.8 Å². The number of pyridine rings is 3. The number of rotatable bonds is 2. The molecule has 5 rings (SSSR count). The zero-order valence-corrected chi connectivity index (χ0v) is 17.2. The Hall–Kier alpha value is -3.79. The first kappa shape index (κ1) is 18.3. The molecule has 0 N–H and O–H groups in total. The van der Waals surface area contributed by atoms with Crippen molar-refractivity contribution >= 4 is 21.8 Å². The van der Waals surface area contributed by atoms with Gasteiger partial charge < -0.3 is 0 Å². The Balaban J connectivity index is 1.86. The molecule has 0 spiro atoms. The Labute approximate surface area is 174 Å². The van der Waals surface area contributed by atoms with Crippen molar-refractivity contribution in [2.75, 3.05) is 0 Å². The van der Waals surface area contributed by atoms with E-state index in [1.54, 1.807) is 10.6 Å². The highest BCUT2D eigenvalue weighted by Crippen LogP contribution is 2.29. The number of hydrogen-bond donors (Lipinski definition) is 0. The lowest BCUT2D eigenvalue weighted by Gasteiger charge is -2.14. The third kappa shape index (κ3) is 2.98. The first-order valence-electron chi connectivity index (χ1n) is 9.96. The maximum absolute atomic E-state index is 13.0. The van der Waals surface area contributed by atoms with Gasteiger partial charge in [-0.25, -0.2) is 0 Å². The van der Waals surface area contributed by atoms with Gasteiger partial charge in [-0.3, -0.25) is 19.3 Å². The second-order valence-electron chi connectivity index (χ2n) is 7.76. The van der Waals surface area contributed by atoms with Crippen LogP contribution in [0.3, 0.4) is 0 Å². The average Bonchev–Trinajstić information content (AvgIpc) is 2.76. The summed E-state index contributed by atoms with van der Waals surface area (Å²) >= 11 is 0. The van der Waals surface area contributed by atoms with Crippen molar-refractivity contribution in [3.8, 4) is 16.8 Å². The second-order valence-corrected chi connectivity index (χ2v) is 7.76. The summed E-state index contributed by atoms with van der Waals surface area (Å²) in [4.78, 5) is 22.0. The summed E-state index contributed by atoms with van der Waals surface area (Å²) < 4.78 is 1.79. The van der Waals surface area contributed by atoms with E-state index in [4.69, 9.17) is 0 Å². The van der Waals surface area contributed by atoms with Crippen LogP contribution in [-0.4, -0.2) is 14.5 Å². The van der Waals surface area contributed by atoms with Crippen LogP contribution in [0.5, 0.6) is 0 Å². The van der Waals surface area contributed by atoms with Gasteiger partial charge in [0.05, 0.1) is 11.0 Å². The lowest BCUT2D eigenvalue weighted by molar-refractivity contribution is 1.04. The Morgan fingerprint density at radius 2 is 1.57 bits per heavy atom. The number of aryl methyl sites for hydroxylation is 3. The molecule has 4 heteroatoms. The summed E-state index contributed by atoms with van der Waals surface area (Å²) in [5.41, 5.74) is 7.96. The van der Waals surface area contributed by atoms with Crippen LogP contribution in [0.2, 0.25) is 0 Å². The Morgan fingerprint density at radius 3 is 2.33 bits per heavy atom. The molecule has 0 saturated carbocycles. The summed E-state index contributed by atoms with van der Waals surface area (Å²) in [7, 11) is 0. The first-order chi connectivity index (χ1) is 14.5. The molecular weight excluding hydrogens is 370 g/mol. The number of fused-ring (bicyclic) bond motifs is 3. The van der Waals surface area contributed by atoms with E-state index in [0.29, 0.717) is 0 Å². The fourth-order valence-corrected chi connectivity index (χ4v) is 3.85. The van der Waals surface area contributed by atoms with Gasteiger partial charge in [0.1, 0.15) is 0 Å². The van der Waals surface area contributed by atoms with Crippen molar-refractivity contribution in [3.63, 3.8) is 0 Å². The monoisotopic (exact) mass is 391 g/mol. The Bertz CT molecular complexity index is 1480. The number of benzene rings is 2. The normalized spacial score (nSPS) is 11.3. The van der Waals surface area contributed by atoms with Crippen molar-refractivity contribution in [1.82, 2.24) is 14.5 Å². The molecule has 30 heavy (non-hydrogen) atoms. The molecule has 2 aromatic carbocycles. The van der Waals surface area contributed by atoms with Gasteiger partial charge in [0.25, 0.3) is 5.56 Å². The minimum absolute atomic E-state index is 0.0549. The molecule has 5 aromatic rings. The van der Waals surface area contributed by atoms with Crippen LogP contribution in [0.25, 0.3) is 38.6 Å². The maximum atomic E-state index is 13.0. The van der Waals surface area contributed by atoms with Crippen LogP contribution in [0.4, 0.5) is 0 Å². The molecule has 0 saturated heterocycles. The van der Waals surface area contributed by atoms with Crippen LogP contribution in [0.15, 0.2) is 77.9 Å². The molecule has 146 valence electrons. The van der Waals surface area contributed by atoms with Gasteiger partial charge in [0, 0.05) is 46.2 Å². The predicted octanol–water partition coefficient (Wildman–Crippen LogP) is 5.53. The highest BCUT2D eigenvalue weighted by molar-refractivity contribution is 6.05. The van der Waals surface area contributed by atoms with Gasteiger partial charge in [-0.05, 0) is 73.9 Å². The molecule has 4 nitrogen and oxygen atoms in total. The van der Waals surface area contributed by atoms with Gasteiger partial charge in [-0.15, -0.1) is 0 Å². The quantitative estimate of drug-likeness (QED) is 0.372. The van der Waals surface area contributed by atoms with E-state index < -0.39 is 0 Å². The Kier molecular flexibility index (Phi) is 4.21. The van der Waals surface area contributed by atoms with Gasteiger partial charge >= 0.3 is 0 Å². The number of aromatic nitrogens is 3. The number of nitrogens with zero attached hydrogens (tertiary/aromatic N) is 3. The lowest BCUT2D eigenvalue weighted by atomic mass is 10.0. The summed E-state index contributed by atoms with van der Waals surface area (Å²) in [6, 6.07) is 19.8. The zero-order chi connectivity index (χ0) is 20.8. The molecule has 0 unspecified atom stereocenters. The van der Waals surface area contributed by atoms with E-state index in [1.165, 1.54) is 5.56 Å². The molecule has 0 aliphatic carbocycles. The Morgan fingerprint density at radius 1 is 0.733 bits per heavy atom. The van der Waals surface area contributed by atoms with Crippen molar-refractivity contribution in [1.29, 1.82) is 0 Å². The summed E-state index contributed by atoms with van der Waals surface area (Å²) in [5, 5.41) is 1.88. The van der Waals surface area contributed by atoms with Crippen molar-refractivity contribution in [2.45, 2.75) is 20.8 Å². The van der Waals surface area contributed by atoms with E-state index in [9.17, 15) is 4.79 Å². The fourth-order valence-electron chi connectivity index (χ4n) is 3.85. The lowest BCUT2D eigenvalue weighted by Crippen LogP contribution is -2.18. The van der Waals surface area contributed by atoms with Crippen LogP contribution >= 0.6 is 0 Å². The van der Waals surface area contributed by atoms with Gasteiger partial charge in [0.2, 0.25) is 0 Å². The predicted molar refractivity (Wildman–Crippen MR) is 122 cm³/mol. The molecule has 0 aliphatic heterocycles. The highest BCUT2D eigenvalue weighted by Gasteiger charge is 2.12. The van der Waals surface area contributed by atoms with Gasteiger partial charge in [-0.2, -0.15) is 0 Å². The van der Waals surface area contributed by atoms with Gasteiger partial charge in [-0.1, -0.05) is 18.2 Å². The molecule has 3 aromatic heterocycles. The minimum atomic E-state index is -0.0549. The third-order valence-corrected chi connectivity index (χ3v) is 5.71.